The van der Waals surface area contributed by atoms with Crippen LogP contribution in [0, 0.1) is 5.92 Å². The van der Waals surface area contributed by atoms with E-state index in [0.29, 0.717) is 34.1 Å². The zero-order chi connectivity index (χ0) is 21.3. The van der Waals surface area contributed by atoms with Crippen molar-refractivity contribution in [2.45, 2.75) is 44.1 Å². The molecule has 2 fully saturated rings. The molecule has 0 bridgehead atoms. The summed E-state index contributed by atoms with van der Waals surface area (Å²) in [5.41, 5.74) is 7.94. The van der Waals surface area contributed by atoms with E-state index >= 15 is 0 Å². The number of hydrazine groups is 1. The summed E-state index contributed by atoms with van der Waals surface area (Å²) >= 11 is 12.3. The minimum atomic E-state index is -4.30. The molecule has 0 aromatic heterocycles. The molecule has 4 rings (SSSR count). The van der Waals surface area contributed by atoms with Crippen LogP contribution in [0.2, 0.25) is 10.0 Å². The SMILES string of the molecule is FC(F)(F)c1cccc(CN2CCC(C3CC(c4ccc(Cl)cc4Cl)NN3)CC2)c1. The molecule has 2 heterocycles. The number of hydrogen-bond acceptors (Lipinski definition) is 3. The Morgan fingerprint density at radius 1 is 1.00 bits per heavy atom. The van der Waals surface area contributed by atoms with Crippen LogP contribution in [0.5, 0.6) is 0 Å². The summed E-state index contributed by atoms with van der Waals surface area (Å²) in [5, 5.41) is 1.29. The fraction of sp³-hybridized carbons (Fsp3) is 0.455. The van der Waals surface area contributed by atoms with Gasteiger partial charge in [-0.1, -0.05) is 47.5 Å². The second-order valence-corrected chi connectivity index (χ2v) is 9.00. The second-order valence-electron chi connectivity index (χ2n) is 8.16. The van der Waals surface area contributed by atoms with E-state index in [1.54, 1.807) is 12.1 Å². The molecule has 2 N–H and O–H groups in total. The minimum absolute atomic E-state index is 0.142. The Hall–Kier alpha value is -1.31. The standard InChI is InChI=1S/C22H24Cl2F3N3/c23-17-4-5-18(19(24)11-17)21-12-20(28-29-21)15-6-8-30(9-7-15)13-14-2-1-3-16(10-14)22(25,26)27/h1-5,10-11,15,20-21,28-29H,6-9,12-13H2. The van der Waals surface area contributed by atoms with Crippen LogP contribution >= 0.6 is 23.2 Å². The lowest BCUT2D eigenvalue weighted by Gasteiger charge is -2.34. The molecule has 30 heavy (non-hydrogen) atoms. The lowest BCUT2D eigenvalue weighted by Crippen LogP contribution is -2.42. The predicted molar refractivity (Wildman–Crippen MR) is 113 cm³/mol. The van der Waals surface area contributed by atoms with Gasteiger partial charge in [-0.2, -0.15) is 13.2 Å². The molecule has 3 nitrogen and oxygen atoms in total. The minimum Gasteiger partial charge on any atom is -0.299 e. The van der Waals surface area contributed by atoms with E-state index in [4.69, 9.17) is 23.2 Å². The summed E-state index contributed by atoms with van der Waals surface area (Å²) in [6.07, 6.45) is -1.33. The Bertz CT molecular complexity index is 882. The van der Waals surface area contributed by atoms with Crippen LogP contribution in [0.1, 0.15) is 42.0 Å². The molecule has 8 heteroatoms. The van der Waals surface area contributed by atoms with E-state index in [9.17, 15) is 13.2 Å². The van der Waals surface area contributed by atoms with Crippen molar-refractivity contribution in [3.63, 3.8) is 0 Å². The molecule has 2 atom stereocenters. The largest absolute Gasteiger partial charge is 0.416 e. The average Bonchev–Trinajstić information content (AvgIpc) is 3.18. The van der Waals surface area contributed by atoms with Crippen molar-refractivity contribution in [1.82, 2.24) is 15.8 Å². The van der Waals surface area contributed by atoms with E-state index in [0.717, 1.165) is 44.0 Å². The molecule has 2 aromatic carbocycles. The number of likely N-dealkylation sites (tertiary alicyclic amines) is 1. The highest BCUT2D eigenvalue weighted by Crippen LogP contribution is 2.35. The molecule has 0 amide bonds. The van der Waals surface area contributed by atoms with Gasteiger partial charge in [-0.25, -0.2) is 5.43 Å². The first kappa shape index (κ1) is 21.9. The first-order chi connectivity index (χ1) is 14.3. The summed E-state index contributed by atoms with van der Waals surface area (Å²) in [5.74, 6) is 0.520. The second kappa shape index (κ2) is 9.05. The fourth-order valence-corrected chi connectivity index (χ4v) is 5.04. The summed E-state index contributed by atoms with van der Waals surface area (Å²) in [6, 6.07) is 11.7. The van der Waals surface area contributed by atoms with E-state index in [1.807, 2.05) is 12.1 Å². The third-order valence-electron chi connectivity index (χ3n) is 6.13. The van der Waals surface area contributed by atoms with Crippen LogP contribution in [0.3, 0.4) is 0 Å². The number of piperidine rings is 1. The van der Waals surface area contributed by atoms with Gasteiger partial charge in [-0.05, 0) is 67.6 Å². The van der Waals surface area contributed by atoms with Crippen molar-refractivity contribution in [2.75, 3.05) is 13.1 Å². The number of alkyl halides is 3. The summed E-state index contributed by atoms with van der Waals surface area (Å²) < 4.78 is 38.8. The third kappa shape index (κ3) is 5.11. The molecule has 2 saturated heterocycles. The first-order valence-electron chi connectivity index (χ1n) is 10.1. The Labute approximate surface area is 184 Å². The zero-order valence-corrected chi connectivity index (χ0v) is 17.9. The van der Waals surface area contributed by atoms with E-state index in [-0.39, 0.29) is 6.04 Å². The van der Waals surface area contributed by atoms with Gasteiger partial charge in [0.2, 0.25) is 0 Å². The fourth-order valence-electron chi connectivity index (χ4n) is 4.50. The molecule has 2 aliphatic heterocycles. The molecule has 0 saturated carbocycles. The van der Waals surface area contributed by atoms with E-state index in [1.165, 1.54) is 12.1 Å². The van der Waals surface area contributed by atoms with Gasteiger partial charge >= 0.3 is 6.18 Å². The quantitative estimate of drug-likeness (QED) is 0.604. The summed E-state index contributed by atoms with van der Waals surface area (Å²) in [6.45, 7) is 2.31. The van der Waals surface area contributed by atoms with Gasteiger partial charge in [0.25, 0.3) is 0 Å². The van der Waals surface area contributed by atoms with Gasteiger partial charge in [0, 0.05) is 28.7 Å². The summed E-state index contributed by atoms with van der Waals surface area (Å²) in [4.78, 5) is 2.24. The van der Waals surface area contributed by atoms with Crippen molar-refractivity contribution >= 4 is 23.2 Å². The average molecular weight is 458 g/mol. The third-order valence-corrected chi connectivity index (χ3v) is 6.69. The molecule has 0 radical (unpaired) electrons. The van der Waals surface area contributed by atoms with E-state index < -0.39 is 11.7 Å². The maximum atomic E-state index is 12.9. The predicted octanol–water partition coefficient (Wildman–Crippen LogP) is 5.83. The van der Waals surface area contributed by atoms with Crippen LogP contribution in [0.15, 0.2) is 42.5 Å². The highest BCUT2D eigenvalue weighted by molar-refractivity contribution is 6.35. The monoisotopic (exact) mass is 457 g/mol. The highest BCUT2D eigenvalue weighted by atomic mass is 35.5. The van der Waals surface area contributed by atoms with Gasteiger partial charge in [0.05, 0.1) is 5.56 Å². The number of halogens is 5. The molecular formula is C22H24Cl2F3N3. The maximum Gasteiger partial charge on any atom is 0.416 e. The van der Waals surface area contributed by atoms with Crippen LogP contribution < -0.4 is 10.9 Å². The van der Waals surface area contributed by atoms with Gasteiger partial charge in [0.15, 0.2) is 0 Å². The van der Waals surface area contributed by atoms with Gasteiger partial charge in [-0.15, -0.1) is 0 Å². The van der Waals surface area contributed by atoms with Crippen molar-refractivity contribution < 1.29 is 13.2 Å². The van der Waals surface area contributed by atoms with Gasteiger partial charge in [-0.3, -0.25) is 10.3 Å². The lowest BCUT2D eigenvalue weighted by molar-refractivity contribution is -0.137. The molecule has 2 aliphatic rings. The van der Waals surface area contributed by atoms with Crippen molar-refractivity contribution in [3.8, 4) is 0 Å². The first-order valence-corrected chi connectivity index (χ1v) is 10.9. The normalized spacial score (nSPS) is 23.8. The molecule has 0 aliphatic carbocycles. The molecule has 2 unspecified atom stereocenters. The molecule has 0 spiro atoms. The van der Waals surface area contributed by atoms with Crippen LogP contribution in [-0.4, -0.2) is 24.0 Å². The number of nitrogens with one attached hydrogen (secondary N) is 2. The smallest absolute Gasteiger partial charge is 0.299 e. The molecule has 2 aromatic rings. The van der Waals surface area contributed by atoms with Crippen LogP contribution in [0.25, 0.3) is 0 Å². The Balaban J connectivity index is 1.30. The van der Waals surface area contributed by atoms with Crippen molar-refractivity contribution in [2.24, 2.45) is 5.92 Å². The number of nitrogens with zero attached hydrogens (tertiary/aromatic N) is 1. The maximum absolute atomic E-state index is 12.9. The molecular weight excluding hydrogens is 434 g/mol. The van der Waals surface area contributed by atoms with Crippen molar-refractivity contribution in [1.29, 1.82) is 0 Å². The van der Waals surface area contributed by atoms with Crippen LogP contribution in [0.4, 0.5) is 13.2 Å². The topological polar surface area (TPSA) is 27.3 Å². The zero-order valence-electron chi connectivity index (χ0n) is 16.4. The van der Waals surface area contributed by atoms with Crippen molar-refractivity contribution in [3.05, 3.63) is 69.2 Å². The Morgan fingerprint density at radius 3 is 2.47 bits per heavy atom. The van der Waals surface area contributed by atoms with Gasteiger partial charge in [0.1, 0.15) is 0 Å². The number of hydrogen-bond donors (Lipinski definition) is 2. The highest BCUT2D eigenvalue weighted by Gasteiger charge is 2.34. The lowest BCUT2D eigenvalue weighted by atomic mass is 9.86. The Morgan fingerprint density at radius 2 is 1.77 bits per heavy atom. The Kier molecular flexibility index (Phi) is 6.61. The molecule has 162 valence electrons. The van der Waals surface area contributed by atoms with Crippen LogP contribution in [-0.2, 0) is 12.7 Å². The van der Waals surface area contributed by atoms with Gasteiger partial charge < -0.3 is 0 Å². The number of rotatable bonds is 4. The van der Waals surface area contributed by atoms with E-state index in [2.05, 4.69) is 15.8 Å². The number of benzene rings is 2. The summed E-state index contributed by atoms with van der Waals surface area (Å²) in [7, 11) is 0.